The molecule has 2 bridgehead atoms. The topological polar surface area (TPSA) is 29.5 Å². The average Bonchev–Trinajstić information content (AvgIpc) is 2.19. The van der Waals surface area contributed by atoms with Crippen molar-refractivity contribution in [3.63, 3.8) is 0 Å². The first-order valence-electron chi connectivity index (χ1n) is 6.55. The van der Waals surface area contributed by atoms with Gasteiger partial charge in [0.05, 0.1) is 6.61 Å². The van der Waals surface area contributed by atoms with Crippen LogP contribution in [0.15, 0.2) is 0 Å². The molecule has 2 rings (SSSR count). The molecule has 1 aliphatic carbocycles. The normalized spacial score (nSPS) is 34.8. The molecule has 3 heteroatoms. The second-order valence-corrected chi connectivity index (χ2v) is 5.35. The van der Waals surface area contributed by atoms with E-state index in [0.29, 0.717) is 18.9 Å². The smallest absolute Gasteiger partial charge is 0.306 e. The van der Waals surface area contributed by atoms with E-state index in [4.69, 9.17) is 4.74 Å². The quantitative estimate of drug-likeness (QED) is 0.687. The lowest BCUT2D eigenvalue weighted by molar-refractivity contribution is -0.146. The maximum Gasteiger partial charge on any atom is 0.306 e. The molecular weight excluding hydrogens is 202 g/mol. The lowest BCUT2D eigenvalue weighted by Gasteiger charge is -2.46. The Kier molecular flexibility index (Phi) is 3.85. The van der Waals surface area contributed by atoms with Crippen LogP contribution in [0.25, 0.3) is 0 Å². The maximum atomic E-state index is 11.6. The number of carbonyl (C=O) groups excluding carboxylic acids is 1. The third-order valence-corrected chi connectivity index (χ3v) is 4.16. The minimum Gasteiger partial charge on any atom is -0.466 e. The lowest BCUT2D eigenvalue weighted by atomic mass is 9.68. The number of rotatable bonds is 3. The van der Waals surface area contributed by atoms with E-state index < -0.39 is 0 Å². The molecule has 16 heavy (non-hydrogen) atoms. The molecule has 0 aromatic rings. The Balaban J connectivity index is 1.95. The molecule has 2 aliphatic rings. The summed E-state index contributed by atoms with van der Waals surface area (Å²) in [5.41, 5.74) is 0. The third kappa shape index (κ3) is 2.57. The molecule has 1 aliphatic heterocycles. The van der Waals surface area contributed by atoms with Crippen molar-refractivity contribution in [2.24, 2.45) is 17.8 Å². The Morgan fingerprint density at radius 3 is 2.50 bits per heavy atom. The molecule has 3 nitrogen and oxygen atoms in total. The number of hydrogen-bond acceptors (Lipinski definition) is 3. The van der Waals surface area contributed by atoms with Crippen molar-refractivity contribution in [2.45, 2.75) is 32.6 Å². The van der Waals surface area contributed by atoms with Crippen molar-refractivity contribution in [1.82, 2.24) is 4.90 Å². The molecule has 0 spiro atoms. The number of fused-ring (bicyclic) bond motifs is 2. The maximum absolute atomic E-state index is 11.6. The fraction of sp³-hybridized carbons (Fsp3) is 0.923. The molecule has 0 radical (unpaired) electrons. The van der Waals surface area contributed by atoms with Crippen LogP contribution in [0.5, 0.6) is 0 Å². The highest BCUT2D eigenvalue weighted by Gasteiger charge is 2.39. The summed E-state index contributed by atoms with van der Waals surface area (Å²) in [6, 6.07) is 0. The van der Waals surface area contributed by atoms with E-state index in [2.05, 4.69) is 11.9 Å². The van der Waals surface area contributed by atoms with Gasteiger partial charge in [0.25, 0.3) is 0 Å². The highest BCUT2D eigenvalue weighted by molar-refractivity contribution is 5.69. The number of piperidine rings is 1. The number of esters is 1. The fourth-order valence-electron chi connectivity index (χ4n) is 3.53. The summed E-state index contributed by atoms with van der Waals surface area (Å²) in [5.74, 6) is 2.04. The summed E-state index contributed by atoms with van der Waals surface area (Å²) >= 11 is 0. The lowest BCUT2D eigenvalue weighted by Crippen LogP contribution is -2.47. The van der Waals surface area contributed by atoms with Crippen LogP contribution in [0.4, 0.5) is 0 Å². The third-order valence-electron chi connectivity index (χ3n) is 4.16. The Morgan fingerprint density at radius 1 is 1.31 bits per heavy atom. The average molecular weight is 225 g/mol. The van der Waals surface area contributed by atoms with Crippen molar-refractivity contribution in [3.8, 4) is 0 Å². The molecule has 1 heterocycles. The fourth-order valence-corrected chi connectivity index (χ4v) is 3.53. The zero-order valence-electron chi connectivity index (χ0n) is 10.4. The van der Waals surface area contributed by atoms with E-state index in [1.54, 1.807) is 0 Å². The van der Waals surface area contributed by atoms with Gasteiger partial charge in [0.1, 0.15) is 0 Å². The number of nitrogens with zero attached hydrogens (tertiary/aromatic N) is 1. The van der Waals surface area contributed by atoms with Crippen LogP contribution in [0, 0.1) is 17.8 Å². The molecule has 0 N–H and O–H groups in total. The van der Waals surface area contributed by atoms with E-state index in [9.17, 15) is 4.79 Å². The summed E-state index contributed by atoms with van der Waals surface area (Å²) in [6.45, 7) is 4.73. The minimum atomic E-state index is 0.00829. The number of likely N-dealkylation sites (tertiary alicyclic amines) is 1. The molecule has 0 aromatic carbocycles. The van der Waals surface area contributed by atoms with Gasteiger partial charge in [-0.1, -0.05) is 6.42 Å². The molecule has 2 fully saturated rings. The van der Waals surface area contributed by atoms with Gasteiger partial charge in [0.2, 0.25) is 0 Å². The predicted octanol–water partition coefficient (Wildman–Crippen LogP) is 1.92. The molecule has 92 valence electrons. The highest BCUT2D eigenvalue weighted by atomic mass is 16.5. The van der Waals surface area contributed by atoms with E-state index in [1.807, 2.05) is 6.92 Å². The van der Waals surface area contributed by atoms with Gasteiger partial charge in [-0.25, -0.2) is 0 Å². The summed E-state index contributed by atoms with van der Waals surface area (Å²) in [7, 11) is 2.20. The first-order chi connectivity index (χ1) is 7.70. The van der Waals surface area contributed by atoms with Crippen LogP contribution in [-0.4, -0.2) is 37.6 Å². The van der Waals surface area contributed by atoms with E-state index in [-0.39, 0.29) is 5.97 Å². The van der Waals surface area contributed by atoms with Crippen molar-refractivity contribution < 1.29 is 9.53 Å². The van der Waals surface area contributed by atoms with Crippen LogP contribution >= 0.6 is 0 Å². The molecule has 1 saturated carbocycles. The monoisotopic (exact) mass is 225 g/mol. The van der Waals surface area contributed by atoms with Gasteiger partial charge < -0.3 is 9.64 Å². The van der Waals surface area contributed by atoms with Gasteiger partial charge in [0.15, 0.2) is 0 Å². The van der Waals surface area contributed by atoms with E-state index in [0.717, 1.165) is 11.8 Å². The van der Waals surface area contributed by atoms with Gasteiger partial charge in [-0.2, -0.15) is 0 Å². The molecule has 1 saturated heterocycles. The summed E-state index contributed by atoms with van der Waals surface area (Å²) < 4.78 is 5.08. The van der Waals surface area contributed by atoms with Crippen LogP contribution in [0.3, 0.4) is 0 Å². The van der Waals surface area contributed by atoms with E-state index in [1.165, 1.54) is 32.4 Å². The SMILES string of the molecule is CCOC(=O)CC1[C@@H]2CCC[C@H]1CN(C)C2. The summed E-state index contributed by atoms with van der Waals surface area (Å²) in [6.07, 6.45) is 4.59. The number of carbonyl (C=O) groups is 1. The van der Waals surface area contributed by atoms with Gasteiger partial charge in [-0.3, -0.25) is 4.79 Å². The highest BCUT2D eigenvalue weighted by Crippen LogP contribution is 2.41. The Morgan fingerprint density at radius 2 is 1.94 bits per heavy atom. The Hall–Kier alpha value is -0.570. The first kappa shape index (κ1) is 11.9. The zero-order chi connectivity index (χ0) is 11.5. The Bertz CT molecular complexity index is 240. The summed E-state index contributed by atoms with van der Waals surface area (Å²) in [5, 5.41) is 0. The Labute approximate surface area is 98.1 Å². The van der Waals surface area contributed by atoms with Gasteiger partial charge in [-0.15, -0.1) is 0 Å². The first-order valence-corrected chi connectivity index (χ1v) is 6.55. The molecular formula is C13H23NO2. The van der Waals surface area contributed by atoms with Crippen molar-refractivity contribution in [1.29, 1.82) is 0 Å². The van der Waals surface area contributed by atoms with Crippen LogP contribution in [0.1, 0.15) is 32.6 Å². The second-order valence-electron chi connectivity index (χ2n) is 5.35. The van der Waals surface area contributed by atoms with Crippen LogP contribution in [0.2, 0.25) is 0 Å². The van der Waals surface area contributed by atoms with Gasteiger partial charge in [-0.05, 0) is 44.6 Å². The van der Waals surface area contributed by atoms with Gasteiger partial charge >= 0.3 is 5.97 Å². The van der Waals surface area contributed by atoms with E-state index >= 15 is 0 Å². The zero-order valence-corrected chi connectivity index (χ0v) is 10.4. The van der Waals surface area contributed by atoms with Crippen molar-refractivity contribution >= 4 is 5.97 Å². The molecule has 1 unspecified atom stereocenters. The van der Waals surface area contributed by atoms with Crippen molar-refractivity contribution in [2.75, 3.05) is 26.7 Å². The second kappa shape index (κ2) is 5.17. The minimum absolute atomic E-state index is 0.00829. The van der Waals surface area contributed by atoms with Crippen LogP contribution in [-0.2, 0) is 9.53 Å². The largest absolute Gasteiger partial charge is 0.466 e. The standard InChI is InChI=1S/C13H23NO2/c1-3-16-13(15)7-12-10-5-4-6-11(12)9-14(2)8-10/h10-12H,3-9H2,1-2H3/t10-,11+,12?. The molecule has 0 aromatic heterocycles. The summed E-state index contributed by atoms with van der Waals surface area (Å²) in [4.78, 5) is 14.0. The van der Waals surface area contributed by atoms with Crippen LogP contribution < -0.4 is 0 Å². The number of hydrogen-bond donors (Lipinski definition) is 0. The molecule has 3 atom stereocenters. The predicted molar refractivity (Wildman–Crippen MR) is 63.1 cm³/mol. The molecule has 0 amide bonds. The van der Waals surface area contributed by atoms with Crippen molar-refractivity contribution in [3.05, 3.63) is 0 Å². The number of ether oxygens (including phenoxy) is 1. The van der Waals surface area contributed by atoms with Gasteiger partial charge in [0, 0.05) is 19.5 Å².